The molecular formula is C11H14FN3O. The fourth-order valence-electron chi connectivity index (χ4n) is 2.14. The van der Waals surface area contributed by atoms with Gasteiger partial charge in [0.1, 0.15) is 11.9 Å². The molecule has 2 rings (SSSR count). The predicted octanol–water partition coefficient (Wildman–Crippen LogP) is 0.862. The highest BCUT2D eigenvalue weighted by molar-refractivity contribution is 5.86. The Bertz CT molecular complexity index is 422. The number of benzene rings is 1. The van der Waals surface area contributed by atoms with E-state index in [4.69, 9.17) is 11.5 Å². The number of amides is 1. The van der Waals surface area contributed by atoms with Crippen LogP contribution >= 0.6 is 0 Å². The van der Waals surface area contributed by atoms with Crippen LogP contribution in [-0.4, -0.2) is 18.5 Å². The average Bonchev–Trinajstić information content (AvgIpc) is 2.66. The fraction of sp³-hybridized carbons (Fsp3) is 0.364. The maximum Gasteiger partial charge on any atom is 0.240 e. The summed E-state index contributed by atoms with van der Waals surface area (Å²) in [5.74, 6) is -0.739. The van der Waals surface area contributed by atoms with Crippen molar-refractivity contribution in [3.8, 4) is 0 Å². The Kier molecular flexibility index (Phi) is 2.68. The molecule has 1 aromatic carbocycles. The lowest BCUT2D eigenvalue weighted by Gasteiger charge is -2.25. The summed E-state index contributed by atoms with van der Waals surface area (Å²) in [6.45, 7) is 0.726. The number of anilines is 2. The molecule has 1 amide bonds. The summed E-state index contributed by atoms with van der Waals surface area (Å²) in [5, 5.41) is 0. The van der Waals surface area contributed by atoms with E-state index in [0.29, 0.717) is 11.4 Å². The van der Waals surface area contributed by atoms with E-state index in [1.165, 1.54) is 12.1 Å². The maximum absolute atomic E-state index is 12.9. The summed E-state index contributed by atoms with van der Waals surface area (Å²) in [4.78, 5) is 13.1. The van der Waals surface area contributed by atoms with Crippen molar-refractivity contribution in [1.82, 2.24) is 0 Å². The monoisotopic (exact) mass is 223 g/mol. The third kappa shape index (κ3) is 1.80. The summed E-state index contributed by atoms with van der Waals surface area (Å²) < 4.78 is 12.9. The van der Waals surface area contributed by atoms with Crippen molar-refractivity contribution in [2.24, 2.45) is 5.73 Å². The van der Waals surface area contributed by atoms with Crippen LogP contribution in [0.2, 0.25) is 0 Å². The summed E-state index contributed by atoms with van der Waals surface area (Å²) in [7, 11) is 0. The third-order valence-electron chi connectivity index (χ3n) is 2.88. The van der Waals surface area contributed by atoms with Crippen molar-refractivity contribution < 1.29 is 9.18 Å². The summed E-state index contributed by atoms with van der Waals surface area (Å²) in [6.07, 6.45) is 1.62. The number of nitrogens with two attached hydrogens (primary N) is 2. The van der Waals surface area contributed by atoms with Crippen molar-refractivity contribution in [3.63, 3.8) is 0 Å². The zero-order valence-electron chi connectivity index (χ0n) is 8.82. The normalized spacial score (nSPS) is 20.1. The Hall–Kier alpha value is -1.78. The lowest BCUT2D eigenvalue weighted by atomic mass is 10.2. The molecule has 1 heterocycles. The summed E-state index contributed by atoms with van der Waals surface area (Å²) in [6, 6.07) is 3.85. The average molecular weight is 223 g/mol. The van der Waals surface area contributed by atoms with Crippen LogP contribution in [-0.2, 0) is 4.79 Å². The van der Waals surface area contributed by atoms with Crippen LogP contribution in [0.15, 0.2) is 18.2 Å². The molecule has 86 valence electrons. The highest BCUT2D eigenvalue weighted by atomic mass is 19.1. The minimum Gasteiger partial charge on any atom is -0.397 e. The minimum absolute atomic E-state index is 0.326. The molecule has 1 aromatic rings. The molecular weight excluding hydrogens is 209 g/mol. The van der Waals surface area contributed by atoms with E-state index < -0.39 is 0 Å². The topological polar surface area (TPSA) is 72.4 Å². The van der Waals surface area contributed by atoms with Gasteiger partial charge in [0.15, 0.2) is 0 Å². The Morgan fingerprint density at radius 3 is 2.88 bits per heavy atom. The largest absolute Gasteiger partial charge is 0.397 e. The van der Waals surface area contributed by atoms with E-state index in [1.54, 1.807) is 6.07 Å². The second-order valence-electron chi connectivity index (χ2n) is 3.96. The van der Waals surface area contributed by atoms with Gasteiger partial charge in [-0.1, -0.05) is 0 Å². The van der Waals surface area contributed by atoms with Crippen molar-refractivity contribution in [2.75, 3.05) is 17.2 Å². The molecule has 1 aliphatic heterocycles. The number of carbonyl (C=O) groups excluding carboxylic acids is 1. The van der Waals surface area contributed by atoms with Crippen LogP contribution in [0, 0.1) is 5.82 Å². The van der Waals surface area contributed by atoms with Gasteiger partial charge >= 0.3 is 0 Å². The first-order valence-electron chi connectivity index (χ1n) is 5.20. The number of primary amides is 1. The molecule has 4 N–H and O–H groups in total. The molecule has 0 saturated carbocycles. The zero-order chi connectivity index (χ0) is 11.7. The molecule has 5 heteroatoms. The fourth-order valence-corrected chi connectivity index (χ4v) is 2.14. The SMILES string of the molecule is NC(=O)C1CCCN1c1ccc(F)cc1N. The molecule has 1 unspecified atom stereocenters. The van der Waals surface area contributed by atoms with Gasteiger partial charge in [-0.15, -0.1) is 0 Å². The Labute approximate surface area is 93.0 Å². The first kappa shape index (κ1) is 10.7. The van der Waals surface area contributed by atoms with E-state index in [-0.39, 0.29) is 17.8 Å². The standard InChI is InChI=1S/C11H14FN3O/c12-7-3-4-9(8(13)6-7)15-5-1-2-10(15)11(14)16/h3-4,6,10H,1-2,5,13H2,(H2,14,16). The van der Waals surface area contributed by atoms with Gasteiger partial charge < -0.3 is 16.4 Å². The Morgan fingerprint density at radius 1 is 1.50 bits per heavy atom. The van der Waals surface area contributed by atoms with Crippen molar-refractivity contribution in [2.45, 2.75) is 18.9 Å². The number of rotatable bonds is 2. The highest BCUT2D eigenvalue weighted by Gasteiger charge is 2.30. The second kappa shape index (κ2) is 4.00. The zero-order valence-corrected chi connectivity index (χ0v) is 8.82. The quantitative estimate of drug-likeness (QED) is 0.730. The smallest absolute Gasteiger partial charge is 0.240 e. The van der Waals surface area contributed by atoms with E-state index in [9.17, 15) is 9.18 Å². The number of hydrogen-bond acceptors (Lipinski definition) is 3. The molecule has 1 fully saturated rings. The number of carbonyl (C=O) groups is 1. The van der Waals surface area contributed by atoms with Gasteiger partial charge in [0.25, 0.3) is 0 Å². The minimum atomic E-state index is -0.379. The van der Waals surface area contributed by atoms with Gasteiger partial charge in [-0.25, -0.2) is 4.39 Å². The molecule has 1 aliphatic rings. The van der Waals surface area contributed by atoms with Crippen LogP contribution in [0.5, 0.6) is 0 Å². The van der Waals surface area contributed by atoms with E-state index in [2.05, 4.69) is 0 Å². The molecule has 0 aromatic heterocycles. The van der Waals surface area contributed by atoms with Crippen LogP contribution in [0.3, 0.4) is 0 Å². The van der Waals surface area contributed by atoms with E-state index >= 15 is 0 Å². The van der Waals surface area contributed by atoms with Crippen molar-refractivity contribution >= 4 is 17.3 Å². The summed E-state index contributed by atoms with van der Waals surface area (Å²) >= 11 is 0. The molecule has 0 bridgehead atoms. The molecule has 1 atom stereocenters. The molecule has 4 nitrogen and oxygen atoms in total. The van der Waals surface area contributed by atoms with Gasteiger partial charge in [-0.2, -0.15) is 0 Å². The Morgan fingerprint density at radius 2 is 2.25 bits per heavy atom. The lowest BCUT2D eigenvalue weighted by Crippen LogP contribution is -2.40. The number of nitrogen functional groups attached to an aromatic ring is 1. The molecule has 1 saturated heterocycles. The number of hydrogen-bond donors (Lipinski definition) is 2. The third-order valence-corrected chi connectivity index (χ3v) is 2.88. The maximum atomic E-state index is 12.9. The van der Waals surface area contributed by atoms with Crippen LogP contribution in [0.4, 0.5) is 15.8 Å². The van der Waals surface area contributed by atoms with E-state index in [1.807, 2.05) is 4.90 Å². The van der Waals surface area contributed by atoms with Gasteiger partial charge in [-0.3, -0.25) is 4.79 Å². The second-order valence-corrected chi connectivity index (χ2v) is 3.96. The van der Waals surface area contributed by atoms with Gasteiger partial charge in [0, 0.05) is 6.54 Å². The Balaban J connectivity index is 2.32. The first-order chi connectivity index (χ1) is 7.59. The van der Waals surface area contributed by atoms with Crippen molar-refractivity contribution in [1.29, 1.82) is 0 Å². The lowest BCUT2D eigenvalue weighted by molar-refractivity contribution is -0.119. The first-order valence-corrected chi connectivity index (χ1v) is 5.20. The number of halogens is 1. The van der Waals surface area contributed by atoms with Crippen LogP contribution in [0.25, 0.3) is 0 Å². The number of nitrogens with zero attached hydrogens (tertiary/aromatic N) is 1. The molecule has 16 heavy (non-hydrogen) atoms. The summed E-state index contributed by atoms with van der Waals surface area (Å²) in [5.41, 5.74) is 12.1. The van der Waals surface area contributed by atoms with Gasteiger partial charge in [0.2, 0.25) is 5.91 Å². The van der Waals surface area contributed by atoms with Gasteiger partial charge in [-0.05, 0) is 31.0 Å². The highest BCUT2D eigenvalue weighted by Crippen LogP contribution is 2.30. The molecule has 0 radical (unpaired) electrons. The molecule has 0 aliphatic carbocycles. The van der Waals surface area contributed by atoms with Crippen molar-refractivity contribution in [3.05, 3.63) is 24.0 Å². The molecule has 0 spiro atoms. The van der Waals surface area contributed by atoms with Gasteiger partial charge in [0.05, 0.1) is 11.4 Å². The van der Waals surface area contributed by atoms with Crippen LogP contribution < -0.4 is 16.4 Å². The van der Waals surface area contributed by atoms with E-state index in [0.717, 1.165) is 19.4 Å². The predicted molar refractivity (Wildman–Crippen MR) is 60.4 cm³/mol. The van der Waals surface area contributed by atoms with Crippen LogP contribution in [0.1, 0.15) is 12.8 Å².